The first-order valence-electron chi connectivity index (χ1n) is 8.15. The lowest BCUT2D eigenvalue weighted by Crippen LogP contribution is -2.38. The molecule has 1 aliphatic rings. The Hall–Kier alpha value is -0.470. The van der Waals surface area contributed by atoms with E-state index in [9.17, 15) is 0 Å². The molecule has 1 aromatic rings. The molecule has 2 heteroatoms. The number of hydrogen-bond donors (Lipinski definition) is 1. The van der Waals surface area contributed by atoms with Gasteiger partial charge in [-0.05, 0) is 68.1 Å². The van der Waals surface area contributed by atoms with Gasteiger partial charge in [-0.1, -0.05) is 37.3 Å². The van der Waals surface area contributed by atoms with Crippen molar-refractivity contribution >= 4 is 11.8 Å². The Morgan fingerprint density at radius 1 is 1.20 bits per heavy atom. The monoisotopic (exact) mass is 291 g/mol. The normalized spacial score (nSPS) is 26.6. The van der Waals surface area contributed by atoms with E-state index in [0.717, 1.165) is 17.9 Å². The molecule has 0 spiro atoms. The van der Waals surface area contributed by atoms with Crippen LogP contribution in [0.1, 0.15) is 50.5 Å². The second-order valence-electron chi connectivity index (χ2n) is 5.92. The highest BCUT2D eigenvalue weighted by Crippen LogP contribution is 2.38. The number of rotatable bonds is 7. The number of hydrogen-bond acceptors (Lipinski definition) is 2. The molecule has 3 unspecified atom stereocenters. The fourth-order valence-corrected chi connectivity index (χ4v) is 4.24. The first kappa shape index (κ1) is 15.9. The summed E-state index contributed by atoms with van der Waals surface area (Å²) in [6, 6.07) is 11.9. The molecular weight excluding hydrogens is 262 g/mol. The maximum Gasteiger partial charge on any atom is 0.00927 e. The van der Waals surface area contributed by atoms with Crippen LogP contribution in [0.4, 0.5) is 0 Å². The molecule has 0 aliphatic heterocycles. The maximum atomic E-state index is 3.56. The Labute approximate surface area is 128 Å². The highest BCUT2D eigenvalue weighted by atomic mass is 32.2. The first-order chi connectivity index (χ1) is 9.85. The van der Waals surface area contributed by atoms with Crippen molar-refractivity contribution in [3.05, 3.63) is 35.9 Å². The molecule has 0 radical (unpaired) electrons. The van der Waals surface area contributed by atoms with Crippen molar-refractivity contribution in [2.24, 2.45) is 5.92 Å². The number of benzene rings is 1. The molecular formula is C18H29NS. The largest absolute Gasteiger partial charge is 0.317 e. The van der Waals surface area contributed by atoms with E-state index in [-0.39, 0.29) is 0 Å². The third-order valence-corrected chi connectivity index (χ3v) is 5.68. The van der Waals surface area contributed by atoms with Crippen molar-refractivity contribution in [2.75, 3.05) is 18.6 Å². The van der Waals surface area contributed by atoms with Crippen LogP contribution in [0.3, 0.4) is 0 Å². The van der Waals surface area contributed by atoms with Gasteiger partial charge in [-0.25, -0.2) is 0 Å². The molecule has 0 aromatic heterocycles. The van der Waals surface area contributed by atoms with E-state index in [4.69, 9.17) is 0 Å². The molecule has 20 heavy (non-hydrogen) atoms. The summed E-state index contributed by atoms with van der Waals surface area (Å²) < 4.78 is 0. The lowest BCUT2D eigenvalue weighted by Gasteiger charge is -2.36. The second-order valence-corrected chi connectivity index (χ2v) is 7.31. The minimum absolute atomic E-state index is 0.738. The van der Waals surface area contributed by atoms with E-state index in [2.05, 4.69) is 61.4 Å². The topological polar surface area (TPSA) is 12.0 Å². The number of thioether (sulfide) groups is 1. The first-order valence-corrected chi connectivity index (χ1v) is 9.30. The van der Waals surface area contributed by atoms with Crippen molar-refractivity contribution in [1.29, 1.82) is 0 Å². The summed E-state index contributed by atoms with van der Waals surface area (Å²) in [5.41, 5.74) is 1.55. The van der Waals surface area contributed by atoms with E-state index in [1.165, 1.54) is 43.6 Å². The average molecular weight is 292 g/mol. The molecule has 1 aliphatic carbocycles. The third-order valence-electron chi connectivity index (χ3n) is 4.69. The van der Waals surface area contributed by atoms with E-state index in [1.54, 1.807) is 5.56 Å². The van der Waals surface area contributed by atoms with Gasteiger partial charge in [0.1, 0.15) is 0 Å². The van der Waals surface area contributed by atoms with Gasteiger partial charge < -0.3 is 5.32 Å². The lowest BCUT2D eigenvalue weighted by atomic mass is 9.73. The van der Waals surface area contributed by atoms with Gasteiger partial charge in [0, 0.05) is 6.04 Å². The van der Waals surface area contributed by atoms with Crippen molar-refractivity contribution in [3.63, 3.8) is 0 Å². The van der Waals surface area contributed by atoms with Crippen LogP contribution in [0.25, 0.3) is 0 Å². The van der Waals surface area contributed by atoms with E-state index >= 15 is 0 Å². The van der Waals surface area contributed by atoms with Crippen LogP contribution >= 0.6 is 11.8 Å². The van der Waals surface area contributed by atoms with Gasteiger partial charge in [-0.3, -0.25) is 0 Å². The molecule has 0 saturated heterocycles. The van der Waals surface area contributed by atoms with Gasteiger partial charge in [0.05, 0.1) is 0 Å². The Bertz CT molecular complexity index is 365. The maximum absolute atomic E-state index is 3.56. The van der Waals surface area contributed by atoms with Crippen LogP contribution < -0.4 is 5.32 Å². The predicted octanol–water partition coefficient (Wildman–Crippen LogP) is 4.69. The molecule has 1 nitrogen and oxygen atoms in total. The fourth-order valence-electron chi connectivity index (χ4n) is 3.58. The van der Waals surface area contributed by atoms with Crippen LogP contribution in [-0.2, 0) is 0 Å². The van der Waals surface area contributed by atoms with Gasteiger partial charge in [0.15, 0.2) is 0 Å². The van der Waals surface area contributed by atoms with E-state index in [0.29, 0.717) is 0 Å². The van der Waals surface area contributed by atoms with Gasteiger partial charge in [0.25, 0.3) is 0 Å². The van der Waals surface area contributed by atoms with Gasteiger partial charge in [-0.15, -0.1) is 0 Å². The highest BCUT2D eigenvalue weighted by Gasteiger charge is 2.29. The molecule has 0 amide bonds. The highest BCUT2D eigenvalue weighted by molar-refractivity contribution is 7.99. The van der Waals surface area contributed by atoms with Crippen molar-refractivity contribution in [2.45, 2.75) is 51.0 Å². The molecule has 1 fully saturated rings. The van der Waals surface area contributed by atoms with Gasteiger partial charge >= 0.3 is 0 Å². The average Bonchev–Trinajstić information content (AvgIpc) is 2.52. The predicted molar refractivity (Wildman–Crippen MR) is 91.6 cm³/mol. The van der Waals surface area contributed by atoms with Gasteiger partial charge in [-0.2, -0.15) is 11.8 Å². The number of nitrogens with one attached hydrogen (secondary N) is 1. The summed E-state index contributed by atoms with van der Waals surface area (Å²) in [6.07, 6.45) is 6.81. The summed E-state index contributed by atoms with van der Waals surface area (Å²) in [5.74, 6) is 4.23. The zero-order valence-electron chi connectivity index (χ0n) is 13.0. The smallest absolute Gasteiger partial charge is 0.00927 e. The summed E-state index contributed by atoms with van der Waals surface area (Å²) in [5, 5.41) is 3.56. The third kappa shape index (κ3) is 4.53. The Kier molecular flexibility index (Phi) is 6.95. The Balaban J connectivity index is 1.89. The van der Waals surface area contributed by atoms with Crippen LogP contribution in [0.15, 0.2) is 30.3 Å². The van der Waals surface area contributed by atoms with Gasteiger partial charge in [0.2, 0.25) is 0 Å². The molecule has 0 bridgehead atoms. The quantitative estimate of drug-likeness (QED) is 0.731. The molecule has 1 saturated carbocycles. The zero-order chi connectivity index (χ0) is 14.2. The summed E-state index contributed by atoms with van der Waals surface area (Å²) >= 11 is 2.08. The zero-order valence-corrected chi connectivity index (χ0v) is 13.8. The van der Waals surface area contributed by atoms with Crippen molar-refractivity contribution in [3.8, 4) is 0 Å². The Morgan fingerprint density at radius 2 is 2.00 bits per heavy atom. The van der Waals surface area contributed by atoms with Crippen LogP contribution in [0.5, 0.6) is 0 Å². The second kappa shape index (κ2) is 8.74. The van der Waals surface area contributed by atoms with Crippen molar-refractivity contribution in [1.82, 2.24) is 5.32 Å². The SMILES string of the molecule is CCSCCCC1CC(c2ccccc2)CCC1NC. The standard InChI is InChI=1S/C18H29NS/c1-3-20-13-7-10-17-14-16(11-12-18(17)19-2)15-8-5-4-6-9-15/h4-6,8-9,16-19H,3,7,10-14H2,1-2H3. The molecule has 1 aromatic carbocycles. The summed E-state index contributed by atoms with van der Waals surface area (Å²) in [6.45, 7) is 2.26. The van der Waals surface area contributed by atoms with E-state index in [1.807, 2.05) is 0 Å². The molecule has 0 heterocycles. The van der Waals surface area contributed by atoms with Crippen LogP contribution in [0, 0.1) is 5.92 Å². The molecule has 3 atom stereocenters. The minimum atomic E-state index is 0.738. The molecule has 1 N–H and O–H groups in total. The molecule has 2 rings (SSSR count). The van der Waals surface area contributed by atoms with Crippen LogP contribution in [-0.4, -0.2) is 24.6 Å². The Morgan fingerprint density at radius 3 is 2.70 bits per heavy atom. The fraction of sp³-hybridized carbons (Fsp3) is 0.667. The molecule has 112 valence electrons. The van der Waals surface area contributed by atoms with Crippen molar-refractivity contribution < 1.29 is 0 Å². The van der Waals surface area contributed by atoms with E-state index < -0.39 is 0 Å². The summed E-state index contributed by atoms with van der Waals surface area (Å²) in [7, 11) is 2.14. The minimum Gasteiger partial charge on any atom is -0.317 e. The summed E-state index contributed by atoms with van der Waals surface area (Å²) in [4.78, 5) is 0. The lowest BCUT2D eigenvalue weighted by molar-refractivity contribution is 0.236. The van der Waals surface area contributed by atoms with Crippen LogP contribution in [0.2, 0.25) is 0 Å².